The van der Waals surface area contributed by atoms with Crippen molar-refractivity contribution in [2.45, 2.75) is 6.61 Å². The zero-order valence-corrected chi connectivity index (χ0v) is 10.4. The van der Waals surface area contributed by atoms with Crippen LogP contribution in [0.4, 0.5) is 5.69 Å². The Hall–Kier alpha value is -2.89. The van der Waals surface area contributed by atoms with Crippen molar-refractivity contribution in [1.82, 2.24) is 0 Å². The van der Waals surface area contributed by atoms with Crippen molar-refractivity contribution in [3.8, 4) is 5.75 Å². The van der Waals surface area contributed by atoms with Gasteiger partial charge in [-0.1, -0.05) is 24.3 Å². The first-order chi connectivity index (χ1) is 9.59. The van der Waals surface area contributed by atoms with E-state index in [1.165, 1.54) is 18.2 Å². The van der Waals surface area contributed by atoms with Crippen molar-refractivity contribution in [1.29, 1.82) is 0 Å². The van der Waals surface area contributed by atoms with E-state index in [0.29, 0.717) is 5.56 Å². The second-order valence-corrected chi connectivity index (χ2v) is 3.98. The summed E-state index contributed by atoms with van der Waals surface area (Å²) in [5.41, 5.74) is 0.351. The predicted octanol–water partition coefficient (Wildman–Crippen LogP) is 2.87. The number of para-hydroxylation sites is 2. The van der Waals surface area contributed by atoms with E-state index in [4.69, 9.17) is 9.84 Å². The van der Waals surface area contributed by atoms with Gasteiger partial charge in [-0.2, -0.15) is 0 Å². The van der Waals surface area contributed by atoms with Crippen LogP contribution in [0.15, 0.2) is 48.5 Å². The summed E-state index contributed by atoms with van der Waals surface area (Å²) in [6.45, 7) is -0.0680. The summed E-state index contributed by atoms with van der Waals surface area (Å²) in [4.78, 5) is 21.4. The van der Waals surface area contributed by atoms with E-state index in [0.717, 1.165) is 0 Å². The molecule has 2 rings (SSSR count). The summed E-state index contributed by atoms with van der Waals surface area (Å²) >= 11 is 0. The van der Waals surface area contributed by atoms with Gasteiger partial charge in [0.2, 0.25) is 0 Å². The lowest BCUT2D eigenvalue weighted by molar-refractivity contribution is -0.385. The molecule has 0 spiro atoms. The average Bonchev–Trinajstić information content (AvgIpc) is 2.45. The number of rotatable bonds is 5. The molecule has 0 aliphatic heterocycles. The summed E-state index contributed by atoms with van der Waals surface area (Å²) in [5.74, 6) is -0.929. The first-order valence-electron chi connectivity index (χ1n) is 5.77. The maximum absolute atomic E-state index is 11.0. The average molecular weight is 273 g/mol. The van der Waals surface area contributed by atoms with E-state index in [1.54, 1.807) is 30.3 Å². The Morgan fingerprint density at radius 3 is 2.50 bits per heavy atom. The number of hydrogen-bond donors (Lipinski definition) is 1. The van der Waals surface area contributed by atoms with Gasteiger partial charge in [-0.15, -0.1) is 0 Å². The van der Waals surface area contributed by atoms with Crippen molar-refractivity contribution < 1.29 is 19.6 Å². The molecule has 0 heterocycles. The topological polar surface area (TPSA) is 89.7 Å². The Morgan fingerprint density at radius 1 is 1.15 bits per heavy atom. The molecule has 2 aromatic rings. The fraction of sp³-hybridized carbons (Fsp3) is 0.0714. The molecule has 0 unspecified atom stereocenters. The van der Waals surface area contributed by atoms with Gasteiger partial charge >= 0.3 is 5.97 Å². The van der Waals surface area contributed by atoms with Gasteiger partial charge in [0.15, 0.2) is 0 Å². The standard InChI is InChI=1S/C14H11NO5/c16-14(17)11-6-2-4-8-13(11)20-9-10-5-1-3-7-12(10)15(18)19/h1-8H,9H2,(H,16,17). The van der Waals surface area contributed by atoms with Crippen molar-refractivity contribution in [2.75, 3.05) is 0 Å². The number of nitrogens with zero attached hydrogens (tertiary/aromatic N) is 1. The van der Waals surface area contributed by atoms with Crippen LogP contribution in [0, 0.1) is 10.1 Å². The molecule has 0 amide bonds. The molecule has 0 aliphatic rings. The number of ether oxygens (including phenoxy) is 1. The minimum atomic E-state index is -1.11. The summed E-state index contributed by atoms with van der Waals surface area (Å²) < 4.78 is 5.39. The largest absolute Gasteiger partial charge is 0.488 e. The molecule has 2 aromatic carbocycles. The lowest BCUT2D eigenvalue weighted by Crippen LogP contribution is -2.04. The van der Waals surface area contributed by atoms with Gasteiger partial charge in [-0.25, -0.2) is 4.79 Å². The maximum Gasteiger partial charge on any atom is 0.339 e. The zero-order valence-electron chi connectivity index (χ0n) is 10.4. The van der Waals surface area contributed by atoms with E-state index in [9.17, 15) is 14.9 Å². The molecular weight excluding hydrogens is 262 g/mol. The van der Waals surface area contributed by atoms with E-state index in [-0.39, 0.29) is 23.6 Å². The van der Waals surface area contributed by atoms with Crippen LogP contribution in [0.3, 0.4) is 0 Å². The van der Waals surface area contributed by atoms with E-state index >= 15 is 0 Å². The molecule has 0 saturated heterocycles. The van der Waals surface area contributed by atoms with Crippen LogP contribution in [-0.2, 0) is 6.61 Å². The third kappa shape index (κ3) is 2.92. The van der Waals surface area contributed by atoms with Crippen LogP contribution in [0.2, 0.25) is 0 Å². The maximum atomic E-state index is 11.0. The monoisotopic (exact) mass is 273 g/mol. The third-order valence-corrected chi connectivity index (χ3v) is 2.69. The van der Waals surface area contributed by atoms with Crippen LogP contribution in [-0.4, -0.2) is 16.0 Å². The minimum Gasteiger partial charge on any atom is -0.488 e. The molecule has 0 bridgehead atoms. The third-order valence-electron chi connectivity index (χ3n) is 2.69. The van der Waals surface area contributed by atoms with Gasteiger partial charge in [-0.05, 0) is 18.2 Å². The van der Waals surface area contributed by atoms with Gasteiger partial charge in [-0.3, -0.25) is 10.1 Å². The quantitative estimate of drug-likeness (QED) is 0.668. The number of aromatic carboxylic acids is 1. The Balaban J connectivity index is 2.22. The van der Waals surface area contributed by atoms with Crippen LogP contribution in [0.25, 0.3) is 0 Å². The van der Waals surface area contributed by atoms with Gasteiger partial charge in [0.25, 0.3) is 5.69 Å². The number of nitro benzene ring substituents is 1. The molecule has 6 heteroatoms. The number of carbonyl (C=O) groups is 1. The highest BCUT2D eigenvalue weighted by Crippen LogP contribution is 2.22. The highest BCUT2D eigenvalue weighted by Gasteiger charge is 2.15. The van der Waals surface area contributed by atoms with Crippen molar-refractivity contribution in [3.63, 3.8) is 0 Å². The minimum absolute atomic E-state index is 0.0195. The number of hydrogen-bond acceptors (Lipinski definition) is 4. The summed E-state index contributed by atoms with van der Waals surface area (Å²) in [6.07, 6.45) is 0. The predicted molar refractivity (Wildman–Crippen MR) is 70.8 cm³/mol. The zero-order chi connectivity index (χ0) is 14.5. The smallest absolute Gasteiger partial charge is 0.339 e. The van der Waals surface area contributed by atoms with E-state index in [2.05, 4.69) is 0 Å². The van der Waals surface area contributed by atoms with Crippen molar-refractivity contribution in [2.24, 2.45) is 0 Å². The molecule has 102 valence electrons. The lowest BCUT2D eigenvalue weighted by Gasteiger charge is -2.09. The van der Waals surface area contributed by atoms with Gasteiger partial charge < -0.3 is 9.84 Å². The molecule has 0 radical (unpaired) electrons. The number of benzene rings is 2. The Bertz CT molecular complexity index is 596. The fourth-order valence-corrected chi connectivity index (χ4v) is 1.74. The second-order valence-electron chi connectivity index (χ2n) is 3.98. The van der Waals surface area contributed by atoms with Crippen LogP contribution < -0.4 is 4.74 Å². The Morgan fingerprint density at radius 2 is 1.80 bits per heavy atom. The molecule has 0 saturated carbocycles. The van der Waals surface area contributed by atoms with Crippen LogP contribution in [0.1, 0.15) is 15.9 Å². The number of carboxylic acids is 1. The summed E-state index contributed by atoms with van der Waals surface area (Å²) in [6, 6.07) is 12.3. The van der Waals surface area contributed by atoms with Gasteiger partial charge in [0.05, 0.1) is 10.5 Å². The summed E-state index contributed by atoms with van der Waals surface area (Å²) in [7, 11) is 0. The molecule has 0 aliphatic carbocycles. The SMILES string of the molecule is O=C(O)c1ccccc1OCc1ccccc1[N+](=O)[O-]. The Labute approximate surface area is 114 Å². The normalized spacial score (nSPS) is 10.0. The van der Waals surface area contributed by atoms with Crippen molar-refractivity contribution >= 4 is 11.7 Å². The lowest BCUT2D eigenvalue weighted by atomic mass is 10.2. The van der Waals surface area contributed by atoms with Gasteiger partial charge in [0, 0.05) is 6.07 Å². The molecule has 6 nitrogen and oxygen atoms in total. The molecule has 0 aromatic heterocycles. The molecule has 0 fully saturated rings. The van der Waals surface area contributed by atoms with Gasteiger partial charge in [0.1, 0.15) is 17.9 Å². The molecule has 20 heavy (non-hydrogen) atoms. The first-order valence-corrected chi connectivity index (χ1v) is 5.77. The fourth-order valence-electron chi connectivity index (χ4n) is 1.74. The Kier molecular flexibility index (Phi) is 3.95. The van der Waals surface area contributed by atoms with E-state index in [1.807, 2.05) is 0 Å². The molecular formula is C14H11NO5. The number of carboxylic acid groups (broad SMARTS) is 1. The van der Waals surface area contributed by atoms with Crippen molar-refractivity contribution in [3.05, 3.63) is 69.8 Å². The van der Waals surface area contributed by atoms with E-state index < -0.39 is 10.9 Å². The second kappa shape index (κ2) is 5.83. The highest BCUT2D eigenvalue weighted by molar-refractivity contribution is 5.90. The van der Waals surface area contributed by atoms with Crippen LogP contribution in [0.5, 0.6) is 5.75 Å². The summed E-state index contributed by atoms with van der Waals surface area (Å²) in [5, 5.41) is 19.9. The highest BCUT2D eigenvalue weighted by atomic mass is 16.6. The molecule has 0 atom stereocenters. The number of nitro groups is 1. The van der Waals surface area contributed by atoms with Crippen LogP contribution >= 0.6 is 0 Å². The molecule has 1 N–H and O–H groups in total. The first kappa shape index (κ1) is 13.5.